The number of nitrogens with zero attached hydrogens (tertiary/aromatic N) is 1. The van der Waals surface area contributed by atoms with Crippen molar-refractivity contribution in [2.45, 2.75) is 32.7 Å². The van der Waals surface area contributed by atoms with E-state index in [4.69, 9.17) is 9.47 Å². The Kier molecular flexibility index (Phi) is 6.21. The molecule has 1 heterocycles. The molecule has 116 valence electrons. The van der Waals surface area contributed by atoms with Crippen LogP contribution in [0.15, 0.2) is 24.3 Å². The number of esters is 1. The summed E-state index contributed by atoms with van der Waals surface area (Å²) in [5.41, 5.74) is 2.55. The highest BCUT2D eigenvalue weighted by atomic mass is 16.5. The van der Waals surface area contributed by atoms with Crippen molar-refractivity contribution in [3.8, 4) is 0 Å². The van der Waals surface area contributed by atoms with E-state index < -0.39 is 0 Å². The predicted molar refractivity (Wildman–Crippen MR) is 82.2 cm³/mol. The fraction of sp³-hybridized carbons (Fsp3) is 0.588. The minimum atomic E-state index is -0.125. The Hall–Kier alpha value is -1.39. The van der Waals surface area contributed by atoms with E-state index in [2.05, 4.69) is 30.0 Å². The highest BCUT2D eigenvalue weighted by Crippen LogP contribution is 2.28. The van der Waals surface area contributed by atoms with E-state index >= 15 is 0 Å². The third-order valence-corrected chi connectivity index (χ3v) is 3.95. The first-order valence-corrected chi connectivity index (χ1v) is 7.81. The molecule has 4 nitrogen and oxygen atoms in total. The van der Waals surface area contributed by atoms with Gasteiger partial charge in [-0.3, -0.25) is 9.69 Å². The molecule has 2 rings (SSSR count). The Balaban J connectivity index is 2.23. The lowest BCUT2D eigenvalue weighted by atomic mass is 9.95. The summed E-state index contributed by atoms with van der Waals surface area (Å²) in [4.78, 5) is 14.3. The summed E-state index contributed by atoms with van der Waals surface area (Å²) in [5.74, 6) is -0.125. The summed E-state index contributed by atoms with van der Waals surface area (Å²) in [7, 11) is 0. The van der Waals surface area contributed by atoms with Crippen molar-refractivity contribution in [3.63, 3.8) is 0 Å². The molecular weight excluding hydrogens is 266 g/mol. The van der Waals surface area contributed by atoms with Crippen LogP contribution in [0.5, 0.6) is 0 Å². The number of benzene rings is 1. The van der Waals surface area contributed by atoms with Crippen molar-refractivity contribution in [3.05, 3.63) is 35.4 Å². The van der Waals surface area contributed by atoms with Crippen LogP contribution in [0.1, 0.15) is 37.4 Å². The van der Waals surface area contributed by atoms with Crippen LogP contribution in [-0.2, 0) is 20.7 Å². The molecule has 0 spiro atoms. The second kappa shape index (κ2) is 8.15. The monoisotopic (exact) mass is 291 g/mol. The molecule has 1 aromatic rings. The topological polar surface area (TPSA) is 38.8 Å². The van der Waals surface area contributed by atoms with E-state index in [0.29, 0.717) is 13.0 Å². The van der Waals surface area contributed by atoms with Crippen LogP contribution in [0.4, 0.5) is 0 Å². The molecule has 1 aromatic carbocycles. The van der Waals surface area contributed by atoms with Gasteiger partial charge in [0.2, 0.25) is 0 Å². The number of ether oxygens (including phenoxy) is 2. The zero-order valence-corrected chi connectivity index (χ0v) is 13.0. The molecule has 1 saturated heterocycles. The molecule has 1 aliphatic rings. The predicted octanol–water partition coefficient (Wildman–Crippen LogP) is 2.58. The quantitative estimate of drug-likeness (QED) is 0.755. The normalized spacial score (nSPS) is 17.4. The first-order valence-electron chi connectivity index (χ1n) is 7.81. The van der Waals surface area contributed by atoms with Crippen LogP contribution >= 0.6 is 0 Å². The maximum atomic E-state index is 12.0. The van der Waals surface area contributed by atoms with E-state index in [-0.39, 0.29) is 12.0 Å². The Labute approximate surface area is 127 Å². The fourth-order valence-corrected chi connectivity index (χ4v) is 2.88. The van der Waals surface area contributed by atoms with Gasteiger partial charge in [-0.2, -0.15) is 0 Å². The SMILES string of the molecule is CCOC(=O)CC(c1ccccc1CC)N1CCOCC1. The highest BCUT2D eigenvalue weighted by molar-refractivity contribution is 5.70. The van der Waals surface area contributed by atoms with Gasteiger partial charge in [0.1, 0.15) is 0 Å². The maximum Gasteiger partial charge on any atom is 0.307 e. The number of hydrogen-bond acceptors (Lipinski definition) is 4. The molecule has 0 saturated carbocycles. The van der Waals surface area contributed by atoms with Gasteiger partial charge in [0.25, 0.3) is 0 Å². The zero-order valence-electron chi connectivity index (χ0n) is 13.0. The highest BCUT2D eigenvalue weighted by Gasteiger charge is 2.26. The molecule has 0 radical (unpaired) electrons. The van der Waals surface area contributed by atoms with Crippen LogP contribution < -0.4 is 0 Å². The summed E-state index contributed by atoms with van der Waals surface area (Å²) in [6.07, 6.45) is 1.38. The van der Waals surface area contributed by atoms with Gasteiger partial charge in [-0.25, -0.2) is 0 Å². The summed E-state index contributed by atoms with van der Waals surface area (Å²) >= 11 is 0. The number of rotatable bonds is 6. The van der Waals surface area contributed by atoms with Crippen LogP contribution in [0.2, 0.25) is 0 Å². The molecule has 0 bridgehead atoms. The molecule has 21 heavy (non-hydrogen) atoms. The molecule has 1 unspecified atom stereocenters. The van der Waals surface area contributed by atoms with Crippen LogP contribution in [0.3, 0.4) is 0 Å². The first kappa shape index (κ1) is 16.0. The van der Waals surface area contributed by atoms with E-state index in [0.717, 1.165) is 32.7 Å². The Morgan fingerprint density at radius 3 is 2.67 bits per heavy atom. The van der Waals surface area contributed by atoms with E-state index in [1.54, 1.807) is 0 Å². The maximum absolute atomic E-state index is 12.0. The van der Waals surface area contributed by atoms with Crippen LogP contribution in [-0.4, -0.2) is 43.8 Å². The minimum absolute atomic E-state index is 0.0871. The van der Waals surface area contributed by atoms with Crippen LogP contribution in [0.25, 0.3) is 0 Å². The van der Waals surface area contributed by atoms with Gasteiger partial charge in [0.15, 0.2) is 0 Å². The van der Waals surface area contributed by atoms with Crippen molar-refractivity contribution in [1.29, 1.82) is 0 Å². The van der Waals surface area contributed by atoms with Crippen molar-refractivity contribution in [1.82, 2.24) is 4.90 Å². The second-order valence-corrected chi connectivity index (χ2v) is 5.23. The van der Waals surface area contributed by atoms with Crippen LogP contribution in [0, 0.1) is 0 Å². The Morgan fingerprint density at radius 1 is 1.29 bits per heavy atom. The first-order chi connectivity index (χ1) is 10.3. The van der Waals surface area contributed by atoms with Crippen molar-refractivity contribution >= 4 is 5.97 Å². The summed E-state index contributed by atoms with van der Waals surface area (Å²) in [6, 6.07) is 8.48. The number of carbonyl (C=O) groups is 1. The van der Waals surface area contributed by atoms with Crippen molar-refractivity contribution in [2.75, 3.05) is 32.9 Å². The molecule has 0 N–H and O–H groups in total. The standard InChI is InChI=1S/C17H25NO3/c1-3-14-7-5-6-8-15(14)16(13-17(19)21-4-2)18-9-11-20-12-10-18/h5-8,16H,3-4,9-13H2,1-2H3. The molecule has 1 aliphatic heterocycles. The minimum Gasteiger partial charge on any atom is -0.466 e. The number of morpholine rings is 1. The van der Waals surface area contributed by atoms with Gasteiger partial charge >= 0.3 is 5.97 Å². The van der Waals surface area contributed by atoms with Crippen molar-refractivity contribution in [2.24, 2.45) is 0 Å². The Morgan fingerprint density at radius 2 is 2.00 bits per heavy atom. The average molecular weight is 291 g/mol. The number of aryl methyl sites for hydroxylation is 1. The largest absolute Gasteiger partial charge is 0.466 e. The van der Waals surface area contributed by atoms with E-state index in [1.165, 1.54) is 11.1 Å². The molecular formula is C17H25NO3. The van der Waals surface area contributed by atoms with Gasteiger partial charge < -0.3 is 9.47 Å². The van der Waals surface area contributed by atoms with Gasteiger partial charge in [-0.15, -0.1) is 0 Å². The summed E-state index contributed by atoms with van der Waals surface area (Å²) < 4.78 is 10.6. The van der Waals surface area contributed by atoms with Gasteiger partial charge in [-0.05, 0) is 24.5 Å². The molecule has 0 amide bonds. The molecule has 1 atom stereocenters. The van der Waals surface area contributed by atoms with Gasteiger partial charge in [0, 0.05) is 19.1 Å². The third kappa shape index (κ3) is 4.29. The zero-order chi connectivity index (χ0) is 15.1. The van der Waals surface area contributed by atoms with Crippen molar-refractivity contribution < 1.29 is 14.3 Å². The molecule has 4 heteroatoms. The summed E-state index contributed by atoms with van der Waals surface area (Å²) in [5, 5.41) is 0. The molecule has 1 fully saturated rings. The second-order valence-electron chi connectivity index (χ2n) is 5.23. The molecule has 0 aliphatic carbocycles. The lowest BCUT2D eigenvalue weighted by Gasteiger charge is -2.35. The number of carbonyl (C=O) groups excluding carboxylic acids is 1. The summed E-state index contributed by atoms with van der Waals surface area (Å²) in [6.45, 7) is 7.62. The lowest BCUT2D eigenvalue weighted by molar-refractivity contribution is -0.145. The van der Waals surface area contributed by atoms with Gasteiger partial charge in [-0.1, -0.05) is 31.2 Å². The Bertz CT molecular complexity index is 455. The van der Waals surface area contributed by atoms with E-state index in [9.17, 15) is 4.79 Å². The lowest BCUT2D eigenvalue weighted by Crippen LogP contribution is -2.40. The van der Waals surface area contributed by atoms with Gasteiger partial charge in [0.05, 0.1) is 26.2 Å². The molecule has 0 aromatic heterocycles. The number of hydrogen-bond donors (Lipinski definition) is 0. The van der Waals surface area contributed by atoms with E-state index in [1.807, 2.05) is 13.0 Å². The average Bonchev–Trinajstić information content (AvgIpc) is 2.54. The third-order valence-electron chi connectivity index (χ3n) is 3.95. The smallest absolute Gasteiger partial charge is 0.307 e. The fourth-order valence-electron chi connectivity index (χ4n) is 2.88.